The monoisotopic (exact) mass is 311 g/mol. The zero-order chi connectivity index (χ0) is 16.5. The van der Waals surface area contributed by atoms with Gasteiger partial charge in [-0.2, -0.15) is 4.91 Å². The van der Waals surface area contributed by atoms with E-state index in [1.165, 1.54) is 70.6 Å². The molecule has 0 fully saturated rings. The van der Waals surface area contributed by atoms with E-state index in [0.717, 1.165) is 32.1 Å². The third-order valence-electron chi connectivity index (χ3n) is 4.93. The summed E-state index contributed by atoms with van der Waals surface area (Å²) in [4.78, 5) is 11.5. The van der Waals surface area contributed by atoms with Gasteiger partial charge >= 0.3 is 0 Å². The van der Waals surface area contributed by atoms with Crippen LogP contribution in [-0.4, -0.2) is 5.54 Å². The fourth-order valence-electron chi connectivity index (χ4n) is 3.29. The van der Waals surface area contributed by atoms with Gasteiger partial charge in [0.05, 0.1) is 0 Å². The van der Waals surface area contributed by atoms with Crippen LogP contribution >= 0.6 is 0 Å². The molecule has 0 bridgehead atoms. The maximum Gasteiger partial charge on any atom is 0.103 e. The highest BCUT2D eigenvalue weighted by Crippen LogP contribution is 2.31. The summed E-state index contributed by atoms with van der Waals surface area (Å²) in [6.07, 6.45) is 19.8. The molecule has 0 saturated heterocycles. The Bertz CT molecular complexity index is 232. The van der Waals surface area contributed by atoms with Gasteiger partial charge in [-0.15, -0.1) is 0 Å². The van der Waals surface area contributed by atoms with E-state index in [4.69, 9.17) is 0 Å². The standard InChI is InChI=1S/C20H41NO/c1-4-7-10-11-12-13-14-15-16-19-20(21-22,17-8-5-2)18-9-6-3/h4-19H2,1-3H3. The highest BCUT2D eigenvalue weighted by molar-refractivity contribution is 4.87. The largest absolute Gasteiger partial charge is 0.150 e. The molecule has 0 aliphatic rings. The fraction of sp³-hybridized carbons (Fsp3) is 1.00. The molecule has 0 aliphatic heterocycles. The van der Waals surface area contributed by atoms with Crippen molar-refractivity contribution >= 4 is 0 Å². The molecule has 2 nitrogen and oxygen atoms in total. The Morgan fingerprint density at radius 3 is 1.32 bits per heavy atom. The van der Waals surface area contributed by atoms with E-state index in [2.05, 4.69) is 25.9 Å². The molecule has 0 aliphatic carbocycles. The minimum atomic E-state index is -0.243. The number of nitrogens with zero attached hydrogens (tertiary/aromatic N) is 1. The van der Waals surface area contributed by atoms with Gasteiger partial charge in [-0.1, -0.05) is 109 Å². The van der Waals surface area contributed by atoms with Crippen LogP contribution in [0.4, 0.5) is 0 Å². The van der Waals surface area contributed by atoms with Crippen molar-refractivity contribution in [2.75, 3.05) is 0 Å². The second-order valence-corrected chi connectivity index (χ2v) is 7.10. The zero-order valence-corrected chi connectivity index (χ0v) is 15.7. The summed E-state index contributed by atoms with van der Waals surface area (Å²) in [6.45, 7) is 6.67. The molecule has 0 aromatic rings. The molecule has 0 aromatic heterocycles. The Labute approximate surface area is 139 Å². The zero-order valence-electron chi connectivity index (χ0n) is 15.7. The lowest BCUT2D eigenvalue weighted by atomic mass is 9.83. The fourth-order valence-corrected chi connectivity index (χ4v) is 3.29. The SMILES string of the molecule is CCCCCCCCCCCC(CCCC)(CCCC)N=O. The molecule has 0 atom stereocenters. The maximum atomic E-state index is 11.5. The van der Waals surface area contributed by atoms with Crippen LogP contribution in [0.25, 0.3) is 0 Å². The van der Waals surface area contributed by atoms with Crippen LogP contribution in [0.1, 0.15) is 124 Å². The predicted octanol–water partition coefficient (Wildman–Crippen LogP) is 7.79. The van der Waals surface area contributed by atoms with E-state index in [0.29, 0.717) is 0 Å². The molecule has 0 radical (unpaired) electrons. The molecule has 0 rings (SSSR count). The summed E-state index contributed by atoms with van der Waals surface area (Å²) in [5.41, 5.74) is -0.243. The number of unbranched alkanes of at least 4 members (excludes halogenated alkanes) is 10. The number of rotatable bonds is 17. The predicted molar refractivity (Wildman–Crippen MR) is 99.4 cm³/mol. The average molecular weight is 312 g/mol. The van der Waals surface area contributed by atoms with Crippen molar-refractivity contribution in [1.29, 1.82) is 0 Å². The highest BCUT2D eigenvalue weighted by Gasteiger charge is 2.29. The number of nitroso groups, excluding NO2 is 1. The first-order valence-corrected chi connectivity index (χ1v) is 10.1. The Balaban J connectivity index is 3.84. The van der Waals surface area contributed by atoms with Crippen molar-refractivity contribution in [3.05, 3.63) is 4.91 Å². The van der Waals surface area contributed by atoms with E-state index < -0.39 is 0 Å². The molecule has 22 heavy (non-hydrogen) atoms. The second-order valence-electron chi connectivity index (χ2n) is 7.10. The Hall–Kier alpha value is -0.400. The molecule has 0 aromatic carbocycles. The first-order valence-electron chi connectivity index (χ1n) is 10.1. The van der Waals surface area contributed by atoms with Gasteiger partial charge < -0.3 is 0 Å². The lowest BCUT2D eigenvalue weighted by molar-refractivity contribution is 0.309. The molecule has 0 saturated carbocycles. The third-order valence-corrected chi connectivity index (χ3v) is 4.93. The van der Waals surface area contributed by atoms with Crippen molar-refractivity contribution in [2.45, 2.75) is 129 Å². The first kappa shape index (κ1) is 21.6. The van der Waals surface area contributed by atoms with Gasteiger partial charge in [0.15, 0.2) is 0 Å². The number of hydrogen-bond acceptors (Lipinski definition) is 2. The molecule has 0 heterocycles. The third kappa shape index (κ3) is 11.2. The molecule has 0 unspecified atom stereocenters. The van der Waals surface area contributed by atoms with Gasteiger partial charge in [-0.05, 0) is 19.3 Å². The number of hydrogen-bond donors (Lipinski definition) is 0. The summed E-state index contributed by atoms with van der Waals surface area (Å²) in [7, 11) is 0. The lowest BCUT2D eigenvalue weighted by Gasteiger charge is -2.26. The summed E-state index contributed by atoms with van der Waals surface area (Å²) < 4.78 is 0. The van der Waals surface area contributed by atoms with Crippen LogP contribution in [0.3, 0.4) is 0 Å². The van der Waals surface area contributed by atoms with Gasteiger partial charge in [0.1, 0.15) is 5.54 Å². The van der Waals surface area contributed by atoms with Gasteiger partial charge in [-0.3, -0.25) is 0 Å². The molecular weight excluding hydrogens is 270 g/mol. The highest BCUT2D eigenvalue weighted by atomic mass is 16.3. The van der Waals surface area contributed by atoms with Crippen molar-refractivity contribution in [2.24, 2.45) is 5.18 Å². The Morgan fingerprint density at radius 2 is 0.909 bits per heavy atom. The van der Waals surface area contributed by atoms with Gasteiger partial charge in [0.2, 0.25) is 0 Å². The minimum absolute atomic E-state index is 0.243. The second kappa shape index (κ2) is 15.5. The van der Waals surface area contributed by atoms with Crippen LogP contribution in [0.2, 0.25) is 0 Å². The Morgan fingerprint density at radius 1 is 0.545 bits per heavy atom. The van der Waals surface area contributed by atoms with Crippen LogP contribution < -0.4 is 0 Å². The van der Waals surface area contributed by atoms with Crippen molar-refractivity contribution in [1.82, 2.24) is 0 Å². The summed E-state index contributed by atoms with van der Waals surface area (Å²) >= 11 is 0. The Kier molecular flexibility index (Phi) is 15.2. The maximum absolute atomic E-state index is 11.5. The van der Waals surface area contributed by atoms with Crippen LogP contribution in [0.15, 0.2) is 5.18 Å². The van der Waals surface area contributed by atoms with Crippen LogP contribution in [-0.2, 0) is 0 Å². The van der Waals surface area contributed by atoms with E-state index in [1.54, 1.807) is 0 Å². The molecule has 0 N–H and O–H groups in total. The van der Waals surface area contributed by atoms with Crippen molar-refractivity contribution in [3.63, 3.8) is 0 Å². The molecule has 0 spiro atoms. The van der Waals surface area contributed by atoms with Crippen LogP contribution in [0, 0.1) is 4.91 Å². The smallest absolute Gasteiger partial charge is 0.103 e. The topological polar surface area (TPSA) is 29.4 Å². The first-order chi connectivity index (χ1) is 10.7. The van der Waals surface area contributed by atoms with Gasteiger partial charge in [0, 0.05) is 0 Å². The van der Waals surface area contributed by atoms with Gasteiger partial charge in [-0.25, -0.2) is 0 Å². The molecule has 132 valence electrons. The van der Waals surface area contributed by atoms with E-state index in [-0.39, 0.29) is 5.54 Å². The van der Waals surface area contributed by atoms with E-state index >= 15 is 0 Å². The molecular formula is C20H41NO. The van der Waals surface area contributed by atoms with Crippen molar-refractivity contribution < 1.29 is 0 Å². The van der Waals surface area contributed by atoms with Gasteiger partial charge in [0.25, 0.3) is 0 Å². The van der Waals surface area contributed by atoms with E-state index in [9.17, 15) is 4.91 Å². The lowest BCUT2D eigenvalue weighted by Crippen LogP contribution is -2.26. The minimum Gasteiger partial charge on any atom is -0.150 e. The summed E-state index contributed by atoms with van der Waals surface area (Å²) in [5.74, 6) is 0. The quantitative estimate of drug-likeness (QED) is 0.199. The molecule has 0 amide bonds. The summed E-state index contributed by atoms with van der Waals surface area (Å²) in [5, 5.41) is 3.61. The molecule has 2 heteroatoms. The normalized spacial score (nSPS) is 11.8. The van der Waals surface area contributed by atoms with E-state index in [1.807, 2.05) is 0 Å². The van der Waals surface area contributed by atoms with Crippen LogP contribution in [0.5, 0.6) is 0 Å². The summed E-state index contributed by atoms with van der Waals surface area (Å²) in [6, 6.07) is 0. The van der Waals surface area contributed by atoms with Crippen molar-refractivity contribution in [3.8, 4) is 0 Å². The average Bonchev–Trinajstić information content (AvgIpc) is 2.55.